The number of thiophene rings is 1. The largest absolute Gasteiger partial charge is 0.391 e. The Morgan fingerprint density at radius 2 is 1.95 bits per heavy atom. The minimum absolute atomic E-state index is 0.156. The first kappa shape index (κ1) is 15.5. The number of benzene rings is 1. The first-order valence-electron chi connectivity index (χ1n) is 5.82. The van der Waals surface area contributed by atoms with Crippen molar-refractivity contribution in [2.45, 2.75) is 25.3 Å². The van der Waals surface area contributed by atoms with Crippen LogP contribution in [0.25, 0.3) is 0 Å². The number of aliphatic hydroxyl groups is 1. The van der Waals surface area contributed by atoms with Crippen molar-refractivity contribution in [1.82, 2.24) is 0 Å². The summed E-state index contributed by atoms with van der Waals surface area (Å²) in [5.74, 6) is 0. The normalized spacial score (nSPS) is 11.6. The Bertz CT molecular complexity index is 718. The highest BCUT2D eigenvalue weighted by molar-refractivity contribution is 9.10. The van der Waals surface area contributed by atoms with Crippen molar-refractivity contribution in [2.24, 2.45) is 0 Å². The van der Waals surface area contributed by atoms with Gasteiger partial charge in [-0.25, -0.2) is 8.42 Å². The lowest BCUT2D eigenvalue weighted by molar-refractivity contribution is 0.285. The molecular weight excluding hydrogens is 362 g/mol. The van der Waals surface area contributed by atoms with Crippen molar-refractivity contribution in [1.29, 1.82) is 0 Å². The Morgan fingerprint density at radius 3 is 2.50 bits per heavy atom. The Hall–Kier alpha value is -0.890. The van der Waals surface area contributed by atoms with Crippen molar-refractivity contribution in [3.63, 3.8) is 0 Å². The van der Waals surface area contributed by atoms with Gasteiger partial charge in [0, 0.05) is 14.2 Å². The second-order valence-electron chi connectivity index (χ2n) is 4.41. The maximum Gasteiger partial charge on any atom is 0.263 e. The highest BCUT2D eigenvalue weighted by Gasteiger charge is 2.20. The average molecular weight is 376 g/mol. The van der Waals surface area contributed by atoms with Crippen LogP contribution in [-0.4, -0.2) is 13.5 Å². The maximum absolute atomic E-state index is 12.4. The van der Waals surface area contributed by atoms with Gasteiger partial charge >= 0.3 is 0 Å². The van der Waals surface area contributed by atoms with Crippen molar-refractivity contribution in [3.8, 4) is 0 Å². The van der Waals surface area contributed by atoms with Crippen molar-refractivity contribution < 1.29 is 13.5 Å². The molecule has 2 N–H and O–H groups in total. The summed E-state index contributed by atoms with van der Waals surface area (Å²) in [6, 6.07) is 6.88. The lowest BCUT2D eigenvalue weighted by Crippen LogP contribution is -2.13. The summed E-state index contributed by atoms with van der Waals surface area (Å²) in [5.41, 5.74) is 1.46. The zero-order chi connectivity index (χ0) is 14.9. The number of halogens is 1. The van der Waals surface area contributed by atoms with Crippen LogP contribution >= 0.6 is 27.3 Å². The van der Waals surface area contributed by atoms with Gasteiger partial charge < -0.3 is 5.11 Å². The fourth-order valence-corrected chi connectivity index (χ4v) is 5.02. The molecule has 20 heavy (non-hydrogen) atoms. The van der Waals surface area contributed by atoms with Gasteiger partial charge in [0.2, 0.25) is 0 Å². The van der Waals surface area contributed by atoms with Crippen LogP contribution in [-0.2, 0) is 16.6 Å². The van der Waals surface area contributed by atoms with Crippen LogP contribution in [0, 0.1) is 13.8 Å². The lowest BCUT2D eigenvalue weighted by atomic mass is 10.2. The van der Waals surface area contributed by atoms with Crippen molar-refractivity contribution in [2.75, 3.05) is 4.72 Å². The molecule has 108 valence electrons. The number of aliphatic hydroxyl groups excluding tert-OH is 1. The molecule has 1 aromatic carbocycles. The predicted octanol–water partition coefficient (Wildman–Crippen LogP) is 3.42. The smallest absolute Gasteiger partial charge is 0.263 e. The molecule has 0 radical (unpaired) electrons. The first-order chi connectivity index (χ1) is 9.31. The van der Waals surface area contributed by atoms with E-state index in [1.54, 1.807) is 19.1 Å². The minimum atomic E-state index is -3.64. The van der Waals surface area contributed by atoms with Crippen LogP contribution < -0.4 is 4.72 Å². The van der Waals surface area contributed by atoms with Crippen LogP contribution in [0.15, 0.2) is 33.6 Å². The molecule has 1 aromatic heterocycles. The summed E-state index contributed by atoms with van der Waals surface area (Å²) in [7, 11) is -3.64. The Labute approximate surface area is 130 Å². The molecule has 0 atom stereocenters. The van der Waals surface area contributed by atoms with E-state index in [-0.39, 0.29) is 11.5 Å². The van der Waals surface area contributed by atoms with Crippen LogP contribution in [0.2, 0.25) is 0 Å². The second kappa shape index (κ2) is 5.85. The third-order valence-electron chi connectivity index (χ3n) is 2.66. The standard InChI is InChI=1S/C13H14BrNO3S2/c1-8-3-10(14)5-11(4-8)15-20(17,18)13-6-12(7-16)19-9(13)2/h3-6,15-16H,7H2,1-2H3. The Morgan fingerprint density at radius 1 is 1.25 bits per heavy atom. The third-order valence-corrected chi connectivity index (χ3v) is 5.79. The van der Waals surface area contributed by atoms with E-state index in [2.05, 4.69) is 20.7 Å². The maximum atomic E-state index is 12.4. The fourth-order valence-electron chi connectivity index (χ4n) is 1.87. The average Bonchev–Trinajstić information content (AvgIpc) is 2.69. The monoisotopic (exact) mass is 375 g/mol. The minimum Gasteiger partial charge on any atom is -0.391 e. The number of nitrogens with one attached hydrogen (secondary N) is 1. The highest BCUT2D eigenvalue weighted by atomic mass is 79.9. The van der Waals surface area contributed by atoms with Gasteiger partial charge in [0.1, 0.15) is 4.90 Å². The SMILES string of the molecule is Cc1cc(Br)cc(NS(=O)(=O)c2cc(CO)sc2C)c1. The summed E-state index contributed by atoms with van der Waals surface area (Å²) < 4.78 is 28.1. The van der Waals surface area contributed by atoms with Crippen LogP contribution in [0.5, 0.6) is 0 Å². The summed E-state index contributed by atoms with van der Waals surface area (Å²) in [6.45, 7) is 3.46. The van der Waals surface area contributed by atoms with Gasteiger partial charge in [0.05, 0.1) is 12.3 Å². The number of aryl methyl sites for hydroxylation is 2. The van der Waals surface area contributed by atoms with Gasteiger partial charge in [-0.3, -0.25) is 4.72 Å². The second-order valence-corrected chi connectivity index (χ2v) is 8.32. The number of hydrogen-bond acceptors (Lipinski definition) is 4. The molecule has 0 fully saturated rings. The van der Waals surface area contributed by atoms with E-state index < -0.39 is 10.0 Å². The molecule has 1 heterocycles. The fraction of sp³-hybridized carbons (Fsp3) is 0.231. The molecule has 0 amide bonds. The van der Waals surface area contributed by atoms with Crippen molar-refractivity contribution >= 4 is 43.0 Å². The van der Waals surface area contributed by atoms with Gasteiger partial charge in [-0.2, -0.15) is 0 Å². The van der Waals surface area contributed by atoms with Gasteiger partial charge in [-0.1, -0.05) is 15.9 Å². The summed E-state index contributed by atoms with van der Waals surface area (Å²) in [4.78, 5) is 1.51. The summed E-state index contributed by atoms with van der Waals surface area (Å²) in [5, 5.41) is 9.09. The first-order valence-corrected chi connectivity index (χ1v) is 8.91. The van der Waals surface area contributed by atoms with Gasteiger partial charge in [-0.15, -0.1) is 11.3 Å². The molecule has 7 heteroatoms. The number of hydrogen-bond donors (Lipinski definition) is 2. The van der Waals surface area contributed by atoms with E-state index >= 15 is 0 Å². The van der Waals surface area contributed by atoms with E-state index in [0.717, 1.165) is 10.0 Å². The van der Waals surface area contributed by atoms with Crippen LogP contribution in [0.4, 0.5) is 5.69 Å². The summed E-state index contributed by atoms with van der Waals surface area (Å²) >= 11 is 4.62. The van der Waals surface area contributed by atoms with Crippen LogP contribution in [0.3, 0.4) is 0 Å². The lowest BCUT2D eigenvalue weighted by Gasteiger charge is -2.09. The molecule has 0 spiro atoms. The van der Waals surface area contributed by atoms with E-state index in [0.29, 0.717) is 15.4 Å². The Kier molecular flexibility index (Phi) is 4.53. The van der Waals surface area contributed by atoms with Crippen LogP contribution in [0.1, 0.15) is 15.3 Å². The highest BCUT2D eigenvalue weighted by Crippen LogP contribution is 2.28. The number of sulfonamides is 1. The zero-order valence-corrected chi connectivity index (χ0v) is 14.2. The molecule has 0 saturated carbocycles. The van der Waals surface area contributed by atoms with Gasteiger partial charge in [-0.05, 0) is 43.7 Å². The van der Waals surface area contributed by atoms with E-state index in [1.807, 2.05) is 13.0 Å². The molecule has 4 nitrogen and oxygen atoms in total. The molecule has 0 aliphatic rings. The number of rotatable bonds is 4. The van der Waals surface area contributed by atoms with Gasteiger partial charge in [0.25, 0.3) is 10.0 Å². The topological polar surface area (TPSA) is 66.4 Å². The molecule has 0 bridgehead atoms. The zero-order valence-electron chi connectivity index (χ0n) is 11.0. The molecule has 0 aliphatic carbocycles. The third kappa shape index (κ3) is 3.41. The molecule has 0 saturated heterocycles. The van der Waals surface area contributed by atoms with Gasteiger partial charge in [0.15, 0.2) is 0 Å². The molecular formula is C13H14BrNO3S2. The molecule has 2 rings (SSSR count). The molecule has 2 aromatic rings. The van der Waals surface area contributed by atoms with E-state index in [4.69, 9.17) is 5.11 Å². The number of anilines is 1. The summed E-state index contributed by atoms with van der Waals surface area (Å²) in [6.07, 6.45) is 0. The Balaban J connectivity index is 2.37. The quantitative estimate of drug-likeness (QED) is 0.859. The molecule has 0 aliphatic heterocycles. The van der Waals surface area contributed by atoms with Crippen molar-refractivity contribution in [3.05, 3.63) is 44.1 Å². The molecule has 0 unspecified atom stereocenters. The van der Waals surface area contributed by atoms with E-state index in [9.17, 15) is 8.42 Å². The predicted molar refractivity (Wildman–Crippen MR) is 84.7 cm³/mol. The van der Waals surface area contributed by atoms with E-state index in [1.165, 1.54) is 17.4 Å².